The molecule has 1 saturated carbocycles. The van der Waals surface area contributed by atoms with E-state index in [0.717, 1.165) is 18.5 Å². The molecule has 0 bridgehead atoms. The number of likely N-dealkylation sites (tertiary alicyclic amines) is 1. The average Bonchev–Trinajstić information content (AvgIpc) is 3.13. The van der Waals surface area contributed by atoms with Gasteiger partial charge in [-0.1, -0.05) is 36.6 Å². The lowest BCUT2D eigenvalue weighted by atomic mass is 9.85. The maximum absolute atomic E-state index is 11.4. The molecule has 0 unspecified atom stereocenters. The Labute approximate surface area is 133 Å². The molecule has 0 aromatic heterocycles. The van der Waals surface area contributed by atoms with Crippen molar-refractivity contribution in [2.24, 2.45) is 5.92 Å². The van der Waals surface area contributed by atoms with Gasteiger partial charge in [0.15, 0.2) is 5.60 Å². The zero-order valence-electron chi connectivity index (χ0n) is 13.3. The van der Waals surface area contributed by atoms with Crippen LogP contribution in [0.3, 0.4) is 0 Å². The van der Waals surface area contributed by atoms with Crippen LogP contribution in [0.5, 0.6) is 0 Å². The molecule has 0 amide bonds. The van der Waals surface area contributed by atoms with Crippen LogP contribution in [0.25, 0.3) is 0 Å². The molecule has 2 heteroatoms. The first kappa shape index (κ1) is 14.3. The van der Waals surface area contributed by atoms with Crippen LogP contribution in [0.15, 0.2) is 24.3 Å². The van der Waals surface area contributed by atoms with E-state index in [1.807, 2.05) is 6.07 Å². The predicted octanol–water partition coefficient (Wildman–Crippen LogP) is 1.84. The number of quaternary nitrogens is 1. The van der Waals surface area contributed by atoms with Gasteiger partial charge in [0.05, 0.1) is 13.1 Å². The molecular formula is C20H26NO+. The van der Waals surface area contributed by atoms with Gasteiger partial charge in [-0.3, -0.25) is 0 Å². The molecule has 0 spiro atoms. The summed E-state index contributed by atoms with van der Waals surface area (Å²) >= 11 is 0. The van der Waals surface area contributed by atoms with Crippen molar-refractivity contribution in [1.29, 1.82) is 0 Å². The summed E-state index contributed by atoms with van der Waals surface area (Å²) in [6.07, 6.45) is 7.58. The Bertz CT molecular complexity index is 608. The molecule has 1 aliphatic heterocycles. The number of hydrogen-bond donors (Lipinski definition) is 2. The average molecular weight is 296 g/mol. The Morgan fingerprint density at radius 1 is 1.09 bits per heavy atom. The zero-order chi connectivity index (χ0) is 15.0. The third-order valence-electron chi connectivity index (χ3n) is 6.00. The van der Waals surface area contributed by atoms with E-state index in [2.05, 4.69) is 30.0 Å². The van der Waals surface area contributed by atoms with Crippen LogP contribution in [0.1, 0.15) is 55.6 Å². The molecule has 1 heterocycles. The quantitative estimate of drug-likeness (QED) is 0.760. The van der Waals surface area contributed by atoms with Gasteiger partial charge in [-0.25, -0.2) is 0 Å². The highest BCUT2D eigenvalue weighted by atomic mass is 16.3. The Balaban J connectivity index is 1.59. The number of rotatable bonds is 1. The van der Waals surface area contributed by atoms with E-state index in [0.29, 0.717) is 11.8 Å². The minimum absolute atomic E-state index is 0.314. The number of hydrogen-bond acceptors (Lipinski definition) is 1. The summed E-state index contributed by atoms with van der Waals surface area (Å²) in [6, 6.07) is 8.44. The molecule has 1 aromatic carbocycles. The zero-order valence-corrected chi connectivity index (χ0v) is 13.3. The molecule has 2 nitrogen and oxygen atoms in total. The second-order valence-corrected chi connectivity index (χ2v) is 7.29. The molecule has 1 aromatic rings. The van der Waals surface area contributed by atoms with Gasteiger partial charge in [0.2, 0.25) is 0 Å². The Kier molecular flexibility index (Phi) is 3.72. The first-order valence-electron chi connectivity index (χ1n) is 8.94. The minimum atomic E-state index is -0.896. The van der Waals surface area contributed by atoms with Crippen molar-refractivity contribution in [1.82, 2.24) is 0 Å². The van der Waals surface area contributed by atoms with Crippen molar-refractivity contribution in [3.05, 3.63) is 35.4 Å². The fourth-order valence-corrected chi connectivity index (χ4v) is 4.89. The predicted molar refractivity (Wildman–Crippen MR) is 87.6 cm³/mol. The summed E-state index contributed by atoms with van der Waals surface area (Å²) in [4.78, 5) is 1.59. The van der Waals surface area contributed by atoms with Gasteiger partial charge in [0, 0.05) is 5.92 Å². The number of nitrogens with one attached hydrogen (secondary N) is 1. The lowest BCUT2D eigenvalue weighted by Crippen LogP contribution is -3.12. The van der Waals surface area contributed by atoms with E-state index in [9.17, 15) is 5.11 Å². The number of benzene rings is 1. The molecular weight excluding hydrogens is 270 g/mol. The van der Waals surface area contributed by atoms with Gasteiger partial charge >= 0.3 is 0 Å². The Morgan fingerprint density at radius 2 is 1.91 bits per heavy atom. The van der Waals surface area contributed by atoms with Crippen LogP contribution in [-0.4, -0.2) is 24.7 Å². The lowest BCUT2D eigenvalue weighted by molar-refractivity contribution is -0.897. The van der Waals surface area contributed by atoms with Gasteiger partial charge < -0.3 is 10.0 Å². The highest BCUT2D eigenvalue weighted by Crippen LogP contribution is 2.56. The summed E-state index contributed by atoms with van der Waals surface area (Å²) < 4.78 is 0. The van der Waals surface area contributed by atoms with E-state index in [1.54, 1.807) is 4.90 Å². The van der Waals surface area contributed by atoms with Crippen molar-refractivity contribution in [2.75, 3.05) is 19.6 Å². The number of piperidine rings is 1. The Morgan fingerprint density at radius 3 is 2.77 bits per heavy atom. The second kappa shape index (κ2) is 5.72. The molecule has 2 fully saturated rings. The number of aliphatic hydroxyl groups is 1. The van der Waals surface area contributed by atoms with Gasteiger partial charge in [-0.2, -0.15) is 0 Å². The second-order valence-electron chi connectivity index (χ2n) is 7.29. The van der Waals surface area contributed by atoms with Crippen molar-refractivity contribution in [3.8, 4) is 11.8 Å². The molecule has 2 aliphatic carbocycles. The van der Waals surface area contributed by atoms with Crippen LogP contribution in [-0.2, 0) is 5.60 Å². The molecule has 3 aliphatic rings. The minimum Gasteiger partial charge on any atom is -0.373 e. The summed E-state index contributed by atoms with van der Waals surface area (Å²) in [5, 5.41) is 11.4. The Hall–Kier alpha value is -1.30. The van der Waals surface area contributed by atoms with Gasteiger partial charge in [0.1, 0.15) is 6.54 Å². The van der Waals surface area contributed by atoms with Crippen LogP contribution in [0, 0.1) is 17.8 Å². The standard InChI is InChI=1S/C20H25NO/c22-20(12-7-15-21-13-4-1-5-14-21)18-10-3-2-8-16(18)17-9-6-11-19(17)20/h2-3,8,10,17,19,22H,1,4-6,9,11,13-15H2/p+1/t17-,19-,20-/m0/s1. The molecule has 1 saturated heterocycles. The molecule has 116 valence electrons. The first-order valence-corrected chi connectivity index (χ1v) is 8.94. The van der Waals surface area contributed by atoms with Crippen LogP contribution < -0.4 is 4.90 Å². The lowest BCUT2D eigenvalue weighted by Gasteiger charge is -2.25. The molecule has 4 rings (SSSR count). The van der Waals surface area contributed by atoms with Gasteiger partial charge in [-0.05, 0) is 55.1 Å². The fraction of sp³-hybridized carbons (Fsp3) is 0.600. The summed E-state index contributed by atoms with van der Waals surface area (Å²) in [5.74, 6) is 7.51. The highest BCUT2D eigenvalue weighted by molar-refractivity contribution is 5.48. The van der Waals surface area contributed by atoms with E-state index in [1.165, 1.54) is 50.8 Å². The maximum Gasteiger partial charge on any atom is 0.154 e. The maximum atomic E-state index is 11.4. The van der Waals surface area contributed by atoms with E-state index in [-0.39, 0.29) is 0 Å². The molecule has 0 radical (unpaired) electrons. The largest absolute Gasteiger partial charge is 0.373 e. The van der Waals surface area contributed by atoms with Gasteiger partial charge in [-0.15, -0.1) is 0 Å². The van der Waals surface area contributed by atoms with E-state index < -0.39 is 5.60 Å². The van der Waals surface area contributed by atoms with Crippen LogP contribution in [0.4, 0.5) is 0 Å². The van der Waals surface area contributed by atoms with Crippen molar-refractivity contribution in [3.63, 3.8) is 0 Å². The van der Waals surface area contributed by atoms with Crippen LogP contribution in [0.2, 0.25) is 0 Å². The van der Waals surface area contributed by atoms with E-state index in [4.69, 9.17) is 0 Å². The monoisotopic (exact) mass is 296 g/mol. The SMILES string of the molecule is O[C@@]1(C#CC[NH+]2CCCCC2)c2ccccc2[C@@H]2CCC[C@@H]21. The summed E-state index contributed by atoms with van der Waals surface area (Å²) in [5.41, 5.74) is 1.55. The third kappa shape index (κ3) is 2.28. The molecule has 2 N–H and O–H groups in total. The normalized spacial score (nSPS) is 33.9. The van der Waals surface area contributed by atoms with Crippen molar-refractivity contribution >= 4 is 0 Å². The summed E-state index contributed by atoms with van der Waals surface area (Å²) in [6.45, 7) is 3.38. The molecule has 22 heavy (non-hydrogen) atoms. The number of fused-ring (bicyclic) bond motifs is 3. The smallest absolute Gasteiger partial charge is 0.154 e. The van der Waals surface area contributed by atoms with Crippen molar-refractivity contribution in [2.45, 2.75) is 50.0 Å². The fourth-order valence-electron chi connectivity index (χ4n) is 4.89. The van der Waals surface area contributed by atoms with Crippen LogP contribution >= 0.6 is 0 Å². The van der Waals surface area contributed by atoms with Gasteiger partial charge in [0.25, 0.3) is 0 Å². The van der Waals surface area contributed by atoms with E-state index >= 15 is 0 Å². The van der Waals surface area contributed by atoms with Crippen molar-refractivity contribution < 1.29 is 10.0 Å². The topological polar surface area (TPSA) is 24.7 Å². The highest BCUT2D eigenvalue weighted by Gasteiger charge is 2.52. The summed E-state index contributed by atoms with van der Waals surface area (Å²) in [7, 11) is 0. The third-order valence-corrected chi connectivity index (χ3v) is 6.00. The molecule has 3 atom stereocenters. The first-order chi connectivity index (χ1) is 10.8.